The van der Waals surface area contributed by atoms with E-state index in [9.17, 15) is 9.59 Å². The Morgan fingerprint density at radius 3 is 2.72 bits per heavy atom. The molecule has 5 heteroatoms. The van der Waals surface area contributed by atoms with E-state index >= 15 is 0 Å². The number of rotatable bonds is 4. The summed E-state index contributed by atoms with van der Waals surface area (Å²) in [4.78, 5) is 30.8. The van der Waals surface area contributed by atoms with Gasteiger partial charge in [-0.25, -0.2) is 0 Å². The minimum Gasteiger partial charge on any atom is -0.347 e. The summed E-state index contributed by atoms with van der Waals surface area (Å²) in [6, 6.07) is 14.0. The van der Waals surface area contributed by atoms with Crippen molar-refractivity contribution in [3.05, 3.63) is 65.5 Å². The predicted molar refractivity (Wildman–Crippen MR) is 94.1 cm³/mol. The molecule has 0 spiro atoms. The van der Waals surface area contributed by atoms with Crippen LogP contribution >= 0.6 is 0 Å². The van der Waals surface area contributed by atoms with E-state index in [1.54, 1.807) is 12.3 Å². The standard InChI is InChI=1S/C20H21N3O2/c1-13-7-8-15(11-21-13)20(25)22-16-9-19(24)23(12-16)18-10-17(18)14-5-3-2-4-6-14/h2-8,11,16-18H,9-10,12H2,1H3,(H,22,25)/t16-,17+,18+/m1/s1. The van der Waals surface area contributed by atoms with Crippen molar-refractivity contribution >= 4 is 11.8 Å². The van der Waals surface area contributed by atoms with Crippen LogP contribution in [-0.4, -0.2) is 40.3 Å². The lowest BCUT2D eigenvalue weighted by atomic mass is 10.1. The molecule has 1 saturated carbocycles. The SMILES string of the molecule is Cc1ccc(C(=O)N[C@@H]2CC(=O)N([C@H]3C[C@H]3c3ccccc3)C2)cn1. The van der Waals surface area contributed by atoms with Gasteiger partial charge in [-0.2, -0.15) is 0 Å². The fraction of sp³-hybridized carbons (Fsp3) is 0.350. The second-order valence-electron chi connectivity index (χ2n) is 6.93. The Morgan fingerprint density at radius 2 is 2.00 bits per heavy atom. The molecule has 5 nitrogen and oxygen atoms in total. The highest BCUT2D eigenvalue weighted by Gasteiger charge is 2.47. The molecule has 25 heavy (non-hydrogen) atoms. The van der Waals surface area contributed by atoms with Crippen molar-refractivity contribution in [1.29, 1.82) is 0 Å². The minimum atomic E-state index is -0.164. The smallest absolute Gasteiger partial charge is 0.253 e. The number of pyridine rings is 1. The number of carbonyl (C=O) groups is 2. The Labute approximate surface area is 147 Å². The van der Waals surface area contributed by atoms with E-state index in [4.69, 9.17) is 0 Å². The highest BCUT2D eigenvalue weighted by molar-refractivity contribution is 5.94. The normalized spacial score (nSPS) is 25.1. The number of nitrogens with one attached hydrogen (secondary N) is 1. The lowest BCUT2D eigenvalue weighted by Gasteiger charge is -2.17. The summed E-state index contributed by atoms with van der Waals surface area (Å²) in [6.07, 6.45) is 2.97. The zero-order valence-electron chi connectivity index (χ0n) is 14.2. The molecule has 2 heterocycles. The van der Waals surface area contributed by atoms with Crippen LogP contribution in [0.2, 0.25) is 0 Å². The molecule has 0 unspecified atom stereocenters. The van der Waals surface area contributed by atoms with Gasteiger partial charge in [0.1, 0.15) is 0 Å². The third-order valence-electron chi connectivity index (χ3n) is 5.05. The van der Waals surface area contributed by atoms with Gasteiger partial charge in [-0.15, -0.1) is 0 Å². The Balaban J connectivity index is 1.36. The van der Waals surface area contributed by atoms with E-state index < -0.39 is 0 Å². The van der Waals surface area contributed by atoms with Crippen molar-refractivity contribution in [1.82, 2.24) is 15.2 Å². The van der Waals surface area contributed by atoms with Crippen molar-refractivity contribution < 1.29 is 9.59 Å². The summed E-state index contributed by atoms with van der Waals surface area (Å²) >= 11 is 0. The summed E-state index contributed by atoms with van der Waals surface area (Å²) in [6.45, 7) is 2.48. The fourth-order valence-corrected chi connectivity index (χ4v) is 3.60. The van der Waals surface area contributed by atoms with Gasteiger partial charge < -0.3 is 10.2 Å². The number of benzene rings is 1. The summed E-state index contributed by atoms with van der Waals surface area (Å²) < 4.78 is 0. The molecule has 1 aliphatic carbocycles. The third-order valence-corrected chi connectivity index (χ3v) is 5.05. The molecule has 1 N–H and O–H groups in total. The second-order valence-corrected chi connectivity index (χ2v) is 6.93. The molecule has 0 radical (unpaired) electrons. The molecular formula is C20H21N3O2. The van der Waals surface area contributed by atoms with E-state index in [-0.39, 0.29) is 23.9 Å². The molecule has 2 aromatic rings. The van der Waals surface area contributed by atoms with Gasteiger partial charge >= 0.3 is 0 Å². The van der Waals surface area contributed by atoms with Crippen LogP contribution in [0.5, 0.6) is 0 Å². The maximum atomic E-state index is 12.4. The molecule has 3 atom stereocenters. The average Bonchev–Trinajstić information content (AvgIpc) is 3.33. The zero-order chi connectivity index (χ0) is 17.4. The number of likely N-dealkylation sites (tertiary alicyclic amines) is 1. The van der Waals surface area contributed by atoms with Gasteiger partial charge in [0, 0.05) is 36.8 Å². The maximum Gasteiger partial charge on any atom is 0.253 e. The minimum absolute atomic E-state index is 0.127. The van der Waals surface area contributed by atoms with Crippen molar-refractivity contribution in [3.8, 4) is 0 Å². The Morgan fingerprint density at radius 1 is 1.20 bits per heavy atom. The van der Waals surface area contributed by atoms with Crippen molar-refractivity contribution in [2.24, 2.45) is 0 Å². The fourth-order valence-electron chi connectivity index (χ4n) is 3.60. The number of aromatic nitrogens is 1. The second kappa shape index (κ2) is 6.31. The summed E-state index contributed by atoms with van der Waals surface area (Å²) in [5.74, 6) is 0.402. The number of amides is 2. The molecule has 2 aliphatic rings. The highest BCUT2D eigenvalue weighted by Crippen LogP contribution is 2.45. The first-order valence-corrected chi connectivity index (χ1v) is 8.70. The van der Waals surface area contributed by atoms with Crippen LogP contribution in [0.15, 0.2) is 48.7 Å². The monoisotopic (exact) mass is 335 g/mol. The number of nitrogens with zero attached hydrogens (tertiary/aromatic N) is 2. The number of aryl methyl sites for hydroxylation is 1. The number of carbonyl (C=O) groups excluding carboxylic acids is 2. The molecule has 2 fully saturated rings. The molecular weight excluding hydrogens is 314 g/mol. The van der Waals surface area contributed by atoms with Gasteiger partial charge in [-0.05, 0) is 31.0 Å². The van der Waals surface area contributed by atoms with Gasteiger partial charge in [0.25, 0.3) is 5.91 Å². The summed E-state index contributed by atoms with van der Waals surface area (Å²) in [5.41, 5.74) is 2.70. The first-order valence-electron chi connectivity index (χ1n) is 8.70. The summed E-state index contributed by atoms with van der Waals surface area (Å²) in [7, 11) is 0. The Hall–Kier alpha value is -2.69. The first kappa shape index (κ1) is 15.8. The van der Waals surface area contributed by atoms with Crippen LogP contribution in [0.4, 0.5) is 0 Å². The molecule has 1 aliphatic heterocycles. The van der Waals surface area contributed by atoms with E-state index in [2.05, 4.69) is 22.4 Å². The van der Waals surface area contributed by atoms with E-state index in [0.717, 1.165) is 12.1 Å². The van der Waals surface area contributed by atoms with Gasteiger partial charge in [-0.1, -0.05) is 30.3 Å². The molecule has 0 bridgehead atoms. The quantitative estimate of drug-likeness (QED) is 0.932. The van der Waals surface area contributed by atoms with Gasteiger partial charge in [0.2, 0.25) is 5.91 Å². The van der Waals surface area contributed by atoms with E-state index in [0.29, 0.717) is 24.4 Å². The molecule has 2 amide bonds. The molecule has 1 saturated heterocycles. The molecule has 1 aromatic carbocycles. The zero-order valence-corrected chi connectivity index (χ0v) is 14.2. The van der Waals surface area contributed by atoms with E-state index in [1.807, 2.05) is 36.1 Å². The molecule has 1 aromatic heterocycles. The van der Waals surface area contributed by atoms with E-state index in [1.165, 1.54) is 5.56 Å². The third kappa shape index (κ3) is 3.27. The lowest BCUT2D eigenvalue weighted by Crippen LogP contribution is -2.37. The van der Waals surface area contributed by atoms with Crippen molar-refractivity contribution in [2.75, 3.05) is 6.54 Å². The topological polar surface area (TPSA) is 62.3 Å². The van der Waals surface area contributed by atoms with Crippen LogP contribution < -0.4 is 5.32 Å². The van der Waals surface area contributed by atoms with Crippen LogP contribution in [-0.2, 0) is 4.79 Å². The van der Waals surface area contributed by atoms with Crippen molar-refractivity contribution in [2.45, 2.75) is 37.8 Å². The van der Waals surface area contributed by atoms with Crippen LogP contribution in [0.1, 0.15) is 40.4 Å². The maximum absolute atomic E-state index is 12.4. The predicted octanol–water partition coefficient (Wildman–Crippen LogP) is 2.28. The van der Waals surface area contributed by atoms with Gasteiger partial charge in [-0.3, -0.25) is 14.6 Å². The molecule has 4 rings (SSSR count). The van der Waals surface area contributed by atoms with Crippen molar-refractivity contribution in [3.63, 3.8) is 0 Å². The highest BCUT2D eigenvalue weighted by atomic mass is 16.2. The van der Waals surface area contributed by atoms with Gasteiger partial charge in [0.15, 0.2) is 0 Å². The summed E-state index contributed by atoms with van der Waals surface area (Å²) in [5, 5.41) is 2.97. The van der Waals surface area contributed by atoms with Gasteiger partial charge in [0.05, 0.1) is 11.6 Å². The van der Waals surface area contributed by atoms with Crippen LogP contribution in [0, 0.1) is 6.92 Å². The number of hydrogen-bond acceptors (Lipinski definition) is 3. The Kier molecular flexibility index (Phi) is 3.99. The van der Waals surface area contributed by atoms with Crippen LogP contribution in [0.3, 0.4) is 0 Å². The average molecular weight is 335 g/mol. The van der Waals surface area contributed by atoms with Crippen LogP contribution in [0.25, 0.3) is 0 Å². The largest absolute Gasteiger partial charge is 0.347 e. The lowest BCUT2D eigenvalue weighted by molar-refractivity contribution is -0.128. The number of hydrogen-bond donors (Lipinski definition) is 1. The first-order chi connectivity index (χ1) is 12.1. The Bertz CT molecular complexity index is 788. The molecule has 128 valence electrons.